The summed E-state index contributed by atoms with van der Waals surface area (Å²) in [4.78, 5) is 28.5. The van der Waals surface area contributed by atoms with E-state index in [2.05, 4.69) is 4.98 Å². The molecule has 0 aliphatic heterocycles. The molecule has 2 aromatic carbocycles. The maximum Gasteiger partial charge on any atom is 0.338 e. The van der Waals surface area contributed by atoms with Gasteiger partial charge in [-0.15, -0.1) is 11.3 Å². The number of hydrogen-bond acceptors (Lipinski definition) is 7. The molecule has 3 rings (SSSR count). The second kappa shape index (κ2) is 7.31. The van der Waals surface area contributed by atoms with Gasteiger partial charge in [0.05, 0.1) is 35.5 Å². The van der Waals surface area contributed by atoms with Crippen molar-refractivity contribution in [1.29, 1.82) is 0 Å². The molecule has 0 saturated carbocycles. The summed E-state index contributed by atoms with van der Waals surface area (Å²) in [5, 5.41) is 0. The van der Waals surface area contributed by atoms with Crippen molar-refractivity contribution in [2.45, 2.75) is 0 Å². The summed E-state index contributed by atoms with van der Waals surface area (Å²) in [5.41, 5.74) is 3.29. The Morgan fingerprint density at radius 2 is 1.76 bits per heavy atom. The second-order valence-corrected chi connectivity index (χ2v) is 5.99. The molecule has 25 heavy (non-hydrogen) atoms. The molecule has 0 bridgehead atoms. The Morgan fingerprint density at radius 3 is 2.52 bits per heavy atom. The number of rotatable bonds is 6. The van der Waals surface area contributed by atoms with E-state index >= 15 is 0 Å². The lowest BCUT2D eigenvalue weighted by molar-refractivity contribution is 0.0475. The van der Waals surface area contributed by atoms with Crippen molar-refractivity contribution in [3.63, 3.8) is 0 Å². The van der Waals surface area contributed by atoms with Crippen LogP contribution in [0.5, 0.6) is 11.5 Å². The van der Waals surface area contributed by atoms with Crippen molar-refractivity contribution in [2.75, 3.05) is 20.8 Å². The Balaban J connectivity index is 1.68. The third-order valence-corrected chi connectivity index (χ3v) is 4.40. The van der Waals surface area contributed by atoms with Crippen LogP contribution < -0.4 is 9.47 Å². The van der Waals surface area contributed by atoms with Crippen molar-refractivity contribution in [3.8, 4) is 11.5 Å². The van der Waals surface area contributed by atoms with Crippen LogP contribution in [0.1, 0.15) is 20.7 Å². The van der Waals surface area contributed by atoms with Crippen LogP contribution in [0.25, 0.3) is 10.2 Å². The molecule has 0 atom stereocenters. The molecular weight excluding hydrogens is 342 g/mol. The maximum absolute atomic E-state index is 12.2. The summed E-state index contributed by atoms with van der Waals surface area (Å²) in [6, 6.07) is 9.87. The van der Waals surface area contributed by atoms with Crippen LogP contribution >= 0.6 is 11.3 Å². The first kappa shape index (κ1) is 16.9. The lowest BCUT2D eigenvalue weighted by atomic mass is 10.1. The number of Topliss-reactive ketones (excluding diaryl/α,β-unsaturated/α-hetero) is 1. The molecule has 0 N–H and O–H groups in total. The van der Waals surface area contributed by atoms with Crippen molar-refractivity contribution in [2.24, 2.45) is 0 Å². The van der Waals surface area contributed by atoms with Gasteiger partial charge in [0.1, 0.15) is 0 Å². The first-order chi connectivity index (χ1) is 12.1. The minimum atomic E-state index is -0.552. The van der Waals surface area contributed by atoms with Crippen LogP contribution in [0.4, 0.5) is 0 Å². The molecule has 7 heteroatoms. The summed E-state index contributed by atoms with van der Waals surface area (Å²) >= 11 is 1.44. The fourth-order valence-electron chi connectivity index (χ4n) is 2.29. The minimum Gasteiger partial charge on any atom is -0.493 e. The van der Waals surface area contributed by atoms with Crippen molar-refractivity contribution in [3.05, 3.63) is 53.0 Å². The highest BCUT2D eigenvalue weighted by Crippen LogP contribution is 2.27. The normalized spacial score (nSPS) is 10.5. The number of benzene rings is 2. The Hall–Kier alpha value is -2.93. The summed E-state index contributed by atoms with van der Waals surface area (Å²) in [6.07, 6.45) is 0. The Kier molecular flexibility index (Phi) is 4.95. The zero-order chi connectivity index (χ0) is 17.8. The highest BCUT2D eigenvalue weighted by Gasteiger charge is 2.15. The van der Waals surface area contributed by atoms with Crippen molar-refractivity contribution < 1.29 is 23.8 Å². The predicted octanol–water partition coefficient (Wildman–Crippen LogP) is 3.35. The number of ketones is 1. The van der Waals surface area contributed by atoms with Crippen LogP contribution in [0, 0.1) is 0 Å². The van der Waals surface area contributed by atoms with E-state index < -0.39 is 5.97 Å². The molecule has 0 unspecified atom stereocenters. The van der Waals surface area contributed by atoms with E-state index in [1.54, 1.807) is 41.9 Å². The lowest BCUT2D eigenvalue weighted by Gasteiger charge is -2.09. The van der Waals surface area contributed by atoms with Gasteiger partial charge in [-0.1, -0.05) is 0 Å². The molecule has 0 radical (unpaired) electrons. The van der Waals surface area contributed by atoms with Gasteiger partial charge in [0, 0.05) is 5.56 Å². The molecule has 0 aliphatic rings. The molecule has 0 fully saturated rings. The van der Waals surface area contributed by atoms with E-state index in [4.69, 9.17) is 14.2 Å². The summed E-state index contributed by atoms with van der Waals surface area (Å²) in [7, 11) is 3.00. The van der Waals surface area contributed by atoms with Crippen LogP contribution in [0.3, 0.4) is 0 Å². The lowest BCUT2D eigenvalue weighted by Crippen LogP contribution is -2.14. The average molecular weight is 357 g/mol. The molecule has 0 amide bonds. The van der Waals surface area contributed by atoms with E-state index in [1.165, 1.54) is 25.6 Å². The second-order valence-electron chi connectivity index (χ2n) is 5.10. The van der Waals surface area contributed by atoms with Gasteiger partial charge >= 0.3 is 5.97 Å². The maximum atomic E-state index is 12.2. The Bertz CT molecular complexity index is 934. The molecule has 0 saturated heterocycles. The van der Waals surface area contributed by atoms with Gasteiger partial charge in [0.2, 0.25) is 0 Å². The van der Waals surface area contributed by atoms with Gasteiger partial charge in [0.25, 0.3) is 0 Å². The number of nitrogens with zero attached hydrogens (tertiary/aromatic N) is 1. The minimum absolute atomic E-state index is 0.326. The van der Waals surface area contributed by atoms with Crippen LogP contribution in [0.2, 0.25) is 0 Å². The standard InChI is InChI=1S/C18H15NO5S/c1-22-15-6-4-11(7-16(15)23-2)14(20)9-24-18(21)12-3-5-13-17(8-12)25-10-19-13/h3-8,10H,9H2,1-2H3. The molecular formula is C18H15NO5S. The monoisotopic (exact) mass is 357 g/mol. The van der Waals surface area contributed by atoms with Gasteiger partial charge in [-0.25, -0.2) is 9.78 Å². The van der Waals surface area contributed by atoms with E-state index in [-0.39, 0.29) is 12.4 Å². The number of hydrogen-bond donors (Lipinski definition) is 0. The first-order valence-electron chi connectivity index (χ1n) is 7.38. The van der Waals surface area contributed by atoms with Gasteiger partial charge in [-0.3, -0.25) is 4.79 Å². The molecule has 6 nitrogen and oxygen atoms in total. The molecule has 0 aliphatic carbocycles. The molecule has 1 heterocycles. The zero-order valence-electron chi connectivity index (χ0n) is 13.6. The van der Waals surface area contributed by atoms with Crippen molar-refractivity contribution in [1.82, 2.24) is 4.98 Å². The molecule has 1 aromatic heterocycles. The Labute approximate surface area is 148 Å². The first-order valence-corrected chi connectivity index (χ1v) is 8.26. The zero-order valence-corrected chi connectivity index (χ0v) is 14.5. The number of esters is 1. The molecule has 3 aromatic rings. The number of aromatic nitrogens is 1. The van der Waals surface area contributed by atoms with Gasteiger partial charge in [0.15, 0.2) is 23.9 Å². The van der Waals surface area contributed by atoms with E-state index in [9.17, 15) is 9.59 Å². The SMILES string of the molecule is COc1ccc(C(=O)COC(=O)c2ccc3ncsc3c2)cc1OC. The average Bonchev–Trinajstić information content (AvgIpc) is 3.12. The Morgan fingerprint density at radius 1 is 1.00 bits per heavy atom. The van der Waals surface area contributed by atoms with Crippen LogP contribution in [-0.2, 0) is 4.74 Å². The number of fused-ring (bicyclic) bond motifs is 1. The summed E-state index contributed by atoms with van der Waals surface area (Å²) in [5.74, 6) is 0.0847. The number of carbonyl (C=O) groups is 2. The fourth-order valence-corrected chi connectivity index (χ4v) is 3.01. The van der Waals surface area contributed by atoms with Gasteiger partial charge < -0.3 is 14.2 Å². The summed E-state index contributed by atoms with van der Waals surface area (Å²) in [6.45, 7) is -0.352. The van der Waals surface area contributed by atoms with Crippen LogP contribution in [-0.4, -0.2) is 37.6 Å². The fraction of sp³-hybridized carbons (Fsp3) is 0.167. The number of methoxy groups -OCH3 is 2. The number of ether oxygens (including phenoxy) is 3. The van der Waals surface area contributed by atoms with E-state index in [0.29, 0.717) is 22.6 Å². The van der Waals surface area contributed by atoms with Gasteiger partial charge in [-0.05, 0) is 36.4 Å². The smallest absolute Gasteiger partial charge is 0.338 e. The predicted molar refractivity (Wildman–Crippen MR) is 93.8 cm³/mol. The highest BCUT2D eigenvalue weighted by molar-refractivity contribution is 7.16. The summed E-state index contributed by atoms with van der Waals surface area (Å²) < 4.78 is 16.3. The quantitative estimate of drug-likeness (QED) is 0.497. The van der Waals surface area contributed by atoms with E-state index in [0.717, 1.165) is 10.2 Å². The van der Waals surface area contributed by atoms with Crippen LogP contribution in [0.15, 0.2) is 41.9 Å². The third kappa shape index (κ3) is 3.61. The highest BCUT2D eigenvalue weighted by atomic mass is 32.1. The molecule has 128 valence electrons. The molecule has 0 spiro atoms. The van der Waals surface area contributed by atoms with E-state index in [1.807, 2.05) is 0 Å². The number of thiazole rings is 1. The third-order valence-electron chi connectivity index (χ3n) is 3.61. The van der Waals surface area contributed by atoms with Crippen molar-refractivity contribution >= 4 is 33.3 Å². The number of carbonyl (C=O) groups excluding carboxylic acids is 2. The topological polar surface area (TPSA) is 74.7 Å². The largest absolute Gasteiger partial charge is 0.493 e. The van der Waals surface area contributed by atoms with Gasteiger partial charge in [-0.2, -0.15) is 0 Å².